The van der Waals surface area contributed by atoms with Crippen LogP contribution in [-0.2, 0) is 4.79 Å². The number of carbonyl (C=O) groups is 1. The second-order valence-corrected chi connectivity index (χ2v) is 2.68. The maximum atomic E-state index is 11.3. The van der Waals surface area contributed by atoms with Crippen LogP contribution in [0.2, 0.25) is 0 Å². The molecule has 0 radical (unpaired) electrons. The van der Waals surface area contributed by atoms with E-state index < -0.39 is 0 Å². The van der Waals surface area contributed by atoms with Gasteiger partial charge in [-0.15, -0.1) is 0 Å². The summed E-state index contributed by atoms with van der Waals surface area (Å²) in [5.74, 6) is 0.183. The molecular formula is C10H13NO. The monoisotopic (exact) mass is 163 g/mol. The average Bonchev–Trinajstić information content (AvgIpc) is 2.47. The summed E-state index contributed by atoms with van der Waals surface area (Å²) in [4.78, 5) is 13.0. The minimum Gasteiger partial charge on any atom is -0.312 e. The van der Waals surface area contributed by atoms with E-state index in [4.69, 9.17) is 0 Å². The lowest BCUT2D eigenvalue weighted by Gasteiger charge is -2.15. The molecule has 2 nitrogen and oxygen atoms in total. The van der Waals surface area contributed by atoms with E-state index in [1.54, 1.807) is 23.1 Å². The molecule has 0 aromatic rings. The first kappa shape index (κ1) is 8.78. The molecule has 1 saturated heterocycles. The van der Waals surface area contributed by atoms with Gasteiger partial charge < -0.3 is 4.90 Å². The van der Waals surface area contributed by atoms with Crippen LogP contribution >= 0.6 is 0 Å². The molecule has 0 unspecified atom stereocenters. The lowest BCUT2D eigenvalue weighted by atomic mass is 10.3. The van der Waals surface area contributed by atoms with Gasteiger partial charge in [0.05, 0.1) is 0 Å². The third-order valence-electron chi connectivity index (χ3n) is 1.88. The van der Waals surface area contributed by atoms with Crippen molar-refractivity contribution >= 4 is 5.91 Å². The molecule has 0 saturated carbocycles. The second-order valence-electron chi connectivity index (χ2n) is 2.68. The van der Waals surface area contributed by atoms with Crippen LogP contribution in [0.4, 0.5) is 0 Å². The molecule has 0 N–H and O–H groups in total. The topological polar surface area (TPSA) is 20.3 Å². The number of allylic oxidation sites excluding steroid dienone is 3. The summed E-state index contributed by atoms with van der Waals surface area (Å²) >= 11 is 0. The number of hydrogen-bond donors (Lipinski definition) is 0. The van der Waals surface area contributed by atoms with Crippen molar-refractivity contribution in [3.8, 4) is 0 Å². The van der Waals surface area contributed by atoms with Gasteiger partial charge in [-0.25, -0.2) is 0 Å². The number of carbonyl (C=O) groups excluding carboxylic acids is 1. The number of nitrogens with zero attached hydrogens (tertiary/aromatic N) is 1. The summed E-state index contributed by atoms with van der Waals surface area (Å²) in [6.45, 7) is 8.04. The van der Waals surface area contributed by atoms with Gasteiger partial charge in [-0.1, -0.05) is 19.2 Å². The summed E-state index contributed by atoms with van der Waals surface area (Å²) in [7, 11) is 0. The van der Waals surface area contributed by atoms with Gasteiger partial charge in [0.25, 0.3) is 0 Å². The minimum absolute atomic E-state index is 0.183. The fraction of sp³-hybridized carbons (Fsp3) is 0.300. The average molecular weight is 163 g/mol. The largest absolute Gasteiger partial charge is 0.312 e. The smallest absolute Gasteiger partial charge is 0.227 e. The van der Waals surface area contributed by atoms with E-state index in [2.05, 4.69) is 13.2 Å². The van der Waals surface area contributed by atoms with Gasteiger partial charge in [-0.3, -0.25) is 4.79 Å². The van der Waals surface area contributed by atoms with E-state index in [1.807, 2.05) is 0 Å². The Hall–Kier alpha value is -1.31. The van der Waals surface area contributed by atoms with Crippen molar-refractivity contribution in [1.29, 1.82) is 0 Å². The molecule has 0 bridgehead atoms. The molecule has 1 fully saturated rings. The molecule has 12 heavy (non-hydrogen) atoms. The SMILES string of the molecule is C=C/C=C(\C=C)N1CCCC1=O. The lowest BCUT2D eigenvalue weighted by Crippen LogP contribution is -2.22. The van der Waals surface area contributed by atoms with Crippen molar-refractivity contribution in [1.82, 2.24) is 4.90 Å². The third-order valence-corrected chi connectivity index (χ3v) is 1.88. The zero-order valence-corrected chi connectivity index (χ0v) is 7.12. The molecule has 1 aliphatic heterocycles. The molecule has 0 atom stereocenters. The Kier molecular flexibility index (Phi) is 2.86. The number of likely N-dealkylation sites (tertiary alicyclic amines) is 1. The van der Waals surface area contributed by atoms with E-state index in [0.717, 1.165) is 18.7 Å². The first-order valence-corrected chi connectivity index (χ1v) is 4.05. The van der Waals surface area contributed by atoms with Crippen LogP contribution in [0.15, 0.2) is 37.1 Å². The fourth-order valence-electron chi connectivity index (χ4n) is 1.31. The number of rotatable bonds is 3. The summed E-state index contributed by atoms with van der Waals surface area (Å²) in [5, 5.41) is 0. The minimum atomic E-state index is 0.183. The van der Waals surface area contributed by atoms with Crippen LogP contribution < -0.4 is 0 Å². The molecule has 1 aliphatic rings. The van der Waals surface area contributed by atoms with E-state index in [0.29, 0.717) is 6.42 Å². The van der Waals surface area contributed by atoms with Gasteiger partial charge >= 0.3 is 0 Å². The second kappa shape index (κ2) is 3.90. The third kappa shape index (κ3) is 1.64. The van der Waals surface area contributed by atoms with Crippen LogP contribution in [0.5, 0.6) is 0 Å². The molecule has 0 spiro atoms. The van der Waals surface area contributed by atoms with Crippen molar-refractivity contribution < 1.29 is 4.79 Å². The first-order valence-electron chi connectivity index (χ1n) is 4.05. The molecule has 2 heteroatoms. The molecule has 1 amide bonds. The van der Waals surface area contributed by atoms with E-state index in [9.17, 15) is 4.79 Å². The summed E-state index contributed by atoms with van der Waals surface area (Å²) in [6, 6.07) is 0. The van der Waals surface area contributed by atoms with E-state index in [1.165, 1.54) is 0 Å². The van der Waals surface area contributed by atoms with Gasteiger partial charge in [0.1, 0.15) is 0 Å². The standard InChI is InChI=1S/C10H13NO/c1-3-6-9(4-2)11-8-5-7-10(11)12/h3-4,6H,1-2,5,7-8H2/b9-6+. The van der Waals surface area contributed by atoms with Gasteiger partial charge in [-0.05, 0) is 18.6 Å². The summed E-state index contributed by atoms with van der Waals surface area (Å²) in [6.07, 6.45) is 6.76. The van der Waals surface area contributed by atoms with Crippen LogP contribution in [0, 0.1) is 0 Å². The molecule has 64 valence electrons. The zero-order valence-electron chi connectivity index (χ0n) is 7.12. The highest BCUT2D eigenvalue weighted by molar-refractivity contribution is 5.80. The van der Waals surface area contributed by atoms with Crippen molar-refractivity contribution in [2.45, 2.75) is 12.8 Å². The van der Waals surface area contributed by atoms with Gasteiger partial charge in [0.2, 0.25) is 5.91 Å². The zero-order chi connectivity index (χ0) is 8.97. The predicted molar refractivity (Wildman–Crippen MR) is 49.4 cm³/mol. The highest BCUT2D eigenvalue weighted by atomic mass is 16.2. The molecule has 0 aliphatic carbocycles. The van der Waals surface area contributed by atoms with Gasteiger partial charge in [0, 0.05) is 18.7 Å². The predicted octanol–water partition coefficient (Wildman–Crippen LogP) is 1.86. The molecule has 1 heterocycles. The maximum absolute atomic E-state index is 11.3. The summed E-state index contributed by atoms with van der Waals surface area (Å²) in [5.41, 5.74) is 0.854. The van der Waals surface area contributed by atoms with Crippen molar-refractivity contribution in [2.24, 2.45) is 0 Å². The Morgan fingerprint density at radius 1 is 1.50 bits per heavy atom. The van der Waals surface area contributed by atoms with Crippen molar-refractivity contribution in [3.63, 3.8) is 0 Å². The Balaban J connectivity index is 2.78. The van der Waals surface area contributed by atoms with Crippen LogP contribution in [0.3, 0.4) is 0 Å². The molecule has 0 aromatic carbocycles. The highest BCUT2D eigenvalue weighted by Crippen LogP contribution is 2.16. The number of amides is 1. The van der Waals surface area contributed by atoms with Crippen LogP contribution in [0.1, 0.15) is 12.8 Å². The van der Waals surface area contributed by atoms with Crippen molar-refractivity contribution in [3.05, 3.63) is 37.1 Å². The van der Waals surface area contributed by atoms with Crippen LogP contribution in [0.25, 0.3) is 0 Å². The van der Waals surface area contributed by atoms with Crippen LogP contribution in [-0.4, -0.2) is 17.4 Å². The van der Waals surface area contributed by atoms with E-state index in [-0.39, 0.29) is 5.91 Å². The number of hydrogen-bond acceptors (Lipinski definition) is 1. The Labute approximate surface area is 72.9 Å². The fourth-order valence-corrected chi connectivity index (χ4v) is 1.31. The Morgan fingerprint density at radius 3 is 2.67 bits per heavy atom. The Bertz CT molecular complexity index is 240. The molecular weight excluding hydrogens is 150 g/mol. The normalized spacial score (nSPS) is 18.2. The Morgan fingerprint density at radius 2 is 2.25 bits per heavy atom. The first-order chi connectivity index (χ1) is 5.79. The van der Waals surface area contributed by atoms with Gasteiger partial charge in [0.15, 0.2) is 0 Å². The lowest BCUT2D eigenvalue weighted by molar-refractivity contribution is -0.125. The molecule has 1 rings (SSSR count). The quantitative estimate of drug-likeness (QED) is 0.581. The highest BCUT2D eigenvalue weighted by Gasteiger charge is 2.21. The summed E-state index contributed by atoms with van der Waals surface area (Å²) < 4.78 is 0. The van der Waals surface area contributed by atoms with E-state index >= 15 is 0 Å². The molecule has 0 aromatic heterocycles. The van der Waals surface area contributed by atoms with Crippen molar-refractivity contribution in [2.75, 3.05) is 6.54 Å². The van der Waals surface area contributed by atoms with Gasteiger partial charge in [-0.2, -0.15) is 0 Å². The maximum Gasteiger partial charge on any atom is 0.227 e.